The number of esters is 1. The molecular weight excluding hydrogens is 516 g/mol. The van der Waals surface area contributed by atoms with Gasteiger partial charge in [-0.1, -0.05) is 134 Å². The summed E-state index contributed by atoms with van der Waals surface area (Å²) in [6, 6.07) is 4.93. The van der Waals surface area contributed by atoms with Crippen molar-refractivity contribution in [3.05, 3.63) is 29.8 Å². The summed E-state index contributed by atoms with van der Waals surface area (Å²) < 4.78 is 10.3. The van der Waals surface area contributed by atoms with E-state index in [2.05, 4.69) is 0 Å². The Labute approximate surface area is 249 Å². The van der Waals surface area contributed by atoms with Gasteiger partial charge < -0.3 is 19.7 Å². The fourth-order valence-electron chi connectivity index (χ4n) is 5.10. The lowest BCUT2D eigenvalue weighted by molar-refractivity contribution is -0.138. The molecule has 0 radical (unpaired) electrons. The van der Waals surface area contributed by atoms with Gasteiger partial charge in [0.05, 0.1) is 13.7 Å². The van der Waals surface area contributed by atoms with Crippen LogP contribution in [0.25, 0.3) is 6.08 Å². The van der Waals surface area contributed by atoms with Gasteiger partial charge in [0.15, 0.2) is 11.5 Å². The molecule has 0 aliphatic rings. The number of methoxy groups -OCH3 is 1. The summed E-state index contributed by atoms with van der Waals surface area (Å²) in [6.45, 7) is 0.459. The van der Waals surface area contributed by atoms with Gasteiger partial charge in [-0.25, -0.2) is 4.79 Å². The molecule has 6 nitrogen and oxygen atoms in total. The maximum absolute atomic E-state index is 11.9. The van der Waals surface area contributed by atoms with Crippen LogP contribution >= 0.6 is 0 Å². The number of ether oxygens (including phenoxy) is 2. The first kappa shape index (κ1) is 36.5. The Hall–Kier alpha value is -2.50. The number of phenolic OH excluding ortho intramolecular Hbond substituents is 1. The molecular formula is C35H58O6. The average molecular weight is 575 g/mol. The summed E-state index contributed by atoms with van der Waals surface area (Å²) in [5.41, 5.74) is 0.769. The third-order valence-corrected chi connectivity index (χ3v) is 7.64. The van der Waals surface area contributed by atoms with E-state index in [-0.39, 0.29) is 11.7 Å². The van der Waals surface area contributed by atoms with Gasteiger partial charge in [-0.3, -0.25) is 4.79 Å². The predicted octanol–water partition coefficient (Wildman–Crippen LogP) is 10.0. The first-order valence-electron chi connectivity index (χ1n) is 16.5. The van der Waals surface area contributed by atoms with Crippen LogP contribution in [0.1, 0.15) is 153 Å². The van der Waals surface area contributed by atoms with Crippen LogP contribution in [0.15, 0.2) is 24.3 Å². The number of aromatic hydroxyl groups is 1. The van der Waals surface area contributed by atoms with E-state index in [0.29, 0.717) is 18.8 Å². The van der Waals surface area contributed by atoms with Crippen molar-refractivity contribution in [2.24, 2.45) is 0 Å². The summed E-state index contributed by atoms with van der Waals surface area (Å²) in [5, 5.41) is 18.2. The molecule has 1 aromatic rings. The molecule has 0 saturated heterocycles. The summed E-state index contributed by atoms with van der Waals surface area (Å²) in [7, 11) is 1.49. The number of carboxylic acids is 1. The highest BCUT2D eigenvalue weighted by atomic mass is 16.5. The molecule has 6 heteroatoms. The smallest absolute Gasteiger partial charge is 0.330 e. The Morgan fingerprint density at radius 3 is 1.49 bits per heavy atom. The Kier molecular flexibility index (Phi) is 23.5. The molecule has 1 aromatic carbocycles. The molecule has 0 bridgehead atoms. The summed E-state index contributed by atoms with van der Waals surface area (Å²) in [5.74, 6) is -0.561. The summed E-state index contributed by atoms with van der Waals surface area (Å²) >= 11 is 0. The van der Waals surface area contributed by atoms with Crippen molar-refractivity contribution >= 4 is 18.0 Å². The van der Waals surface area contributed by atoms with Gasteiger partial charge in [-0.05, 0) is 36.6 Å². The lowest BCUT2D eigenvalue weighted by atomic mass is 10.0. The average Bonchev–Trinajstić information content (AvgIpc) is 2.96. The molecule has 0 aliphatic heterocycles. The van der Waals surface area contributed by atoms with E-state index in [1.807, 2.05) is 0 Å². The van der Waals surface area contributed by atoms with Crippen molar-refractivity contribution in [3.63, 3.8) is 0 Å². The van der Waals surface area contributed by atoms with Gasteiger partial charge in [0.1, 0.15) is 0 Å². The third kappa shape index (κ3) is 22.8. The number of benzene rings is 1. The highest BCUT2D eigenvalue weighted by Crippen LogP contribution is 2.26. The number of phenols is 1. The van der Waals surface area contributed by atoms with Crippen molar-refractivity contribution in [3.8, 4) is 11.5 Å². The Balaban J connectivity index is 1.77. The molecule has 234 valence electrons. The van der Waals surface area contributed by atoms with Crippen molar-refractivity contribution in [1.29, 1.82) is 0 Å². The molecule has 0 unspecified atom stereocenters. The number of unbranched alkanes of at least 4 members (excludes halogenated alkanes) is 21. The molecule has 1 rings (SSSR count). The Morgan fingerprint density at radius 1 is 0.659 bits per heavy atom. The third-order valence-electron chi connectivity index (χ3n) is 7.64. The van der Waals surface area contributed by atoms with Crippen molar-refractivity contribution in [1.82, 2.24) is 0 Å². The second-order valence-electron chi connectivity index (χ2n) is 11.4. The van der Waals surface area contributed by atoms with Gasteiger partial charge in [0.25, 0.3) is 0 Å². The van der Waals surface area contributed by atoms with Crippen molar-refractivity contribution in [2.75, 3.05) is 13.7 Å². The van der Waals surface area contributed by atoms with E-state index in [9.17, 15) is 14.7 Å². The SMILES string of the molecule is COc1cc(/C=C/C(=O)OCCCCCCCCCCCCCCCCCCCCCCCCC(=O)O)ccc1O. The van der Waals surface area contributed by atoms with Crippen LogP contribution in [0.3, 0.4) is 0 Å². The molecule has 0 fully saturated rings. The monoisotopic (exact) mass is 574 g/mol. The van der Waals surface area contributed by atoms with E-state index in [0.717, 1.165) is 31.2 Å². The maximum Gasteiger partial charge on any atom is 0.330 e. The van der Waals surface area contributed by atoms with E-state index < -0.39 is 5.97 Å². The Bertz CT molecular complexity index is 819. The first-order chi connectivity index (χ1) is 20.0. The first-order valence-corrected chi connectivity index (χ1v) is 16.5. The highest BCUT2D eigenvalue weighted by molar-refractivity contribution is 5.87. The second kappa shape index (κ2) is 26.4. The summed E-state index contributed by atoms with van der Waals surface area (Å²) in [4.78, 5) is 22.3. The zero-order chi connectivity index (χ0) is 29.8. The number of rotatable bonds is 28. The van der Waals surface area contributed by atoms with Crippen LogP contribution in [0.2, 0.25) is 0 Å². The zero-order valence-corrected chi connectivity index (χ0v) is 25.9. The largest absolute Gasteiger partial charge is 0.504 e. The van der Waals surface area contributed by atoms with E-state index >= 15 is 0 Å². The van der Waals surface area contributed by atoms with Gasteiger partial charge in [0.2, 0.25) is 0 Å². The lowest BCUT2D eigenvalue weighted by Crippen LogP contribution is -2.02. The number of carbonyl (C=O) groups excluding carboxylic acids is 1. The molecule has 0 aromatic heterocycles. The van der Waals surface area contributed by atoms with Crippen molar-refractivity contribution in [2.45, 2.75) is 148 Å². The fourth-order valence-corrected chi connectivity index (χ4v) is 5.10. The van der Waals surface area contributed by atoms with Gasteiger partial charge in [-0.2, -0.15) is 0 Å². The van der Waals surface area contributed by atoms with Gasteiger partial charge >= 0.3 is 11.9 Å². The van der Waals surface area contributed by atoms with Crippen LogP contribution in [-0.2, 0) is 14.3 Å². The molecule has 0 aliphatic carbocycles. The standard InChI is InChI=1S/C35H58O6/c1-40-33-30-31(25-27-32(33)36)26-28-35(39)41-29-23-21-19-17-15-13-11-9-7-5-3-2-4-6-8-10-12-14-16-18-20-22-24-34(37)38/h25-28,30,36H,2-24,29H2,1H3,(H,37,38)/b28-26+. The molecule has 0 amide bonds. The highest BCUT2D eigenvalue weighted by Gasteiger charge is 2.02. The molecule has 0 saturated carbocycles. The molecule has 0 spiro atoms. The van der Waals surface area contributed by atoms with Crippen molar-refractivity contribution < 1.29 is 29.3 Å². The number of hydrogen-bond donors (Lipinski definition) is 2. The topological polar surface area (TPSA) is 93.1 Å². The lowest BCUT2D eigenvalue weighted by Gasteiger charge is -2.05. The molecule has 41 heavy (non-hydrogen) atoms. The van der Waals surface area contributed by atoms with Crippen LogP contribution in [-0.4, -0.2) is 35.9 Å². The van der Waals surface area contributed by atoms with Gasteiger partial charge in [-0.15, -0.1) is 0 Å². The zero-order valence-electron chi connectivity index (χ0n) is 25.9. The predicted molar refractivity (Wildman–Crippen MR) is 168 cm³/mol. The van der Waals surface area contributed by atoms with Crippen LogP contribution in [0.5, 0.6) is 11.5 Å². The number of aliphatic carboxylic acids is 1. The quantitative estimate of drug-likeness (QED) is 0.0587. The van der Waals surface area contributed by atoms with Crippen LogP contribution in [0.4, 0.5) is 0 Å². The van der Waals surface area contributed by atoms with E-state index in [1.165, 1.54) is 135 Å². The van der Waals surface area contributed by atoms with Crippen LogP contribution < -0.4 is 4.74 Å². The van der Waals surface area contributed by atoms with E-state index in [1.54, 1.807) is 18.2 Å². The fraction of sp³-hybridized carbons (Fsp3) is 0.714. The van der Waals surface area contributed by atoms with Crippen LogP contribution in [0, 0.1) is 0 Å². The van der Waals surface area contributed by atoms with E-state index in [4.69, 9.17) is 14.6 Å². The Morgan fingerprint density at radius 2 is 1.07 bits per heavy atom. The molecule has 2 N–H and O–H groups in total. The summed E-state index contributed by atoms with van der Waals surface area (Å²) in [6.07, 6.45) is 31.3. The maximum atomic E-state index is 11.9. The minimum absolute atomic E-state index is 0.0729. The molecule has 0 heterocycles. The van der Waals surface area contributed by atoms with Gasteiger partial charge in [0, 0.05) is 12.5 Å². The minimum atomic E-state index is -0.666. The normalized spacial score (nSPS) is 11.2. The second-order valence-corrected chi connectivity index (χ2v) is 11.4. The number of carbonyl (C=O) groups is 2. The minimum Gasteiger partial charge on any atom is -0.504 e. The number of hydrogen-bond acceptors (Lipinski definition) is 5. The molecule has 0 atom stereocenters. The number of carboxylic acid groups (broad SMARTS) is 1.